The van der Waals surface area contributed by atoms with Gasteiger partial charge in [0.05, 0.1) is 0 Å². The predicted octanol–water partition coefficient (Wildman–Crippen LogP) is 4.19. The highest BCUT2D eigenvalue weighted by Gasteiger charge is 2.26. The average Bonchev–Trinajstić information content (AvgIpc) is 2.29. The van der Waals surface area contributed by atoms with Crippen molar-refractivity contribution in [2.24, 2.45) is 5.41 Å². The fourth-order valence-electron chi connectivity index (χ4n) is 2.72. The van der Waals surface area contributed by atoms with Crippen LogP contribution in [-0.2, 0) is 6.54 Å². The Balaban J connectivity index is 1.85. The normalized spacial score (nSPS) is 20.0. The van der Waals surface area contributed by atoms with Gasteiger partial charge in [0, 0.05) is 12.6 Å². The number of benzene rings is 1. The van der Waals surface area contributed by atoms with E-state index in [4.69, 9.17) is 0 Å². The highest BCUT2D eigenvalue weighted by molar-refractivity contribution is 5.26. The Bertz CT molecular complexity index is 402. The van der Waals surface area contributed by atoms with Gasteiger partial charge < -0.3 is 5.32 Å². The molecule has 0 saturated heterocycles. The van der Waals surface area contributed by atoms with Crippen molar-refractivity contribution in [3.05, 3.63) is 35.1 Å². The average molecular weight is 249 g/mol. The Morgan fingerprint density at radius 3 is 2.56 bits per heavy atom. The van der Waals surface area contributed by atoms with Crippen LogP contribution in [0.4, 0.5) is 4.39 Å². The number of rotatable bonds is 3. The molecule has 0 heterocycles. The zero-order valence-corrected chi connectivity index (χ0v) is 11.7. The van der Waals surface area contributed by atoms with E-state index in [-0.39, 0.29) is 5.82 Å². The molecule has 1 aliphatic rings. The van der Waals surface area contributed by atoms with Gasteiger partial charge in [-0.1, -0.05) is 19.9 Å². The van der Waals surface area contributed by atoms with Crippen LogP contribution in [0.1, 0.15) is 50.7 Å². The fourth-order valence-corrected chi connectivity index (χ4v) is 2.72. The topological polar surface area (TPSA) is 12.0 Å². The molecule has 0 aromatic heterocycles. The summed E-state index contributed by atoms with van der Waals surface area (Å²) in [7, 11) is 0. The Kier molecular flexibility index (Phi) is 4.06. The summed E-state index contributed by atoms with van der Waals surface area (Å²) in [5.74, 6) is -0.143. The Morgan fingerprint density at radius 2 is 1.94 bits per heavy atom. The van der Waals surface area contributed by atoms with Crippen molar-refractivity contribution in [2.45, 2.75) is 59.0 Å². The maximum atomic E-state index is 13.0. The van der Waals surface area contributed by atoms with Gasteiger partial charge in [-0.25, -0.2) is 4.39 Å². The molecule has 0 atom stereocenters. The molecule has 1 nitrogen and oxygen atoms in total. The minimum absolute atomic E-state index is 0.143. The molecule has 1 fully saturated rings. The highest BCUT2D eigenvalue weighted by atomic mass is 19.1. The van der Waals surface area contributed by atoms with E-state index in [0.717, 1.165) is 12.1 Å². The molecule has 0 spiro atoms. The van der Waals surface area contributed by atoms with E-state index in [9.17, 15) is 4.39 Å². The largest absolute Gasteiger partial charge is 0.310 e. The molecule has 0 amide bonds. The molecule has 18 heavy (non-hydrogen) atoms. The zero-order valence-electron chi connectivity index (χ0n) is 11.7. The predicted molar refractivity (Wildman–Crippen MR) is 74.0 cm³/mol. The quantitative estimate of drug-likeness (QED) is 0.847. The molecule has 1 aromatic rings. The molecule has 2 heteroatoms. The van der Waals surface area contributed by atoms with Gasteiger partial charge in [-0.05, 0) is 61.3 Å². The fraction of sp³-hybridized carbons (Fsp3) is 0.625. The lowest BCUT2D eigenvalue weighted by Crippen LogP contribution is -2.35. The second kappa shape index (κ2) is 5.40. The van der Waals surface area contributed by atoms with Crippen molar-refractivity contribution in [1.29, 1.82) is 0 Å². The third-order valence-corrected chi connectivity index (χ3v) is 4.22. The first-order valence-electron chi connectivity index (χ1n) is 6.95. The van der Waals surface area contributed by atoms with Gasteiger partial charge in [-0.3, -0.25) is 0 Å². The van der Waals surface area contributed by atoms with Crippen molar-refractivity contribution >= 4 is 0 Å². The lowest BCUT2D eigenvalue weighted by molar-refractivity contribution is 0.206. The van der Waals surface area contributed by atoms with E-state index >= 15 is 0 Å². The minimum Gasteiger partial charge on any atom is -0.310 e. The van der Waals surface area contributed by atoms with Crippen LogP contribution in [0, 0.1) is 18.2 Å². The molecule has 0 radical (unpaired) electrons. The second-order valence-corrected chi connectivity index (χ2v) is 6.39. The molecule has 0 unspecified atom stereocenters. The molecule has 0 aliphatic heterocycles. The molecule has 1 aromatic carbocycles. The summed E-state index contributed by atoms with van der Waals surface area (Å²) in [6.07, 6.45) is 5.11. The third-order valence-electron chi connectivity index (χ3n) is 4.22. The highest BCUT2D eigenvalue weighted by Crippen LogP contribution is 2.35. The number of halogens is 1. The number of nitrogens with one attached hydrogen (secondary N) is 1. The monoisotopic (exact) mass is 249 g/mol. The van der Waals surface area contributed by atoms with Crippen LogP contribution in [0.2, 0.25) is 0 Å². The summed E-state index contributed by atoms with van der Waals surface area (Å²) >= 11 is 0. The van der Waals surface area contributed by atoms with Crippen molar-refractivity contribution in [3.8, 4) is 0 Å². The van der Waals surface area contributed by atoms with Crippen molar-refractivity contribution in [3.63, 3.8) is 0 Å². The Labute approximate surface area is 110 Å². The Morgan fingerprint density at radius 1 is 1.28 bits per heavy atom. The van der Waals surface area contributed by atoms with Crippen LogP contribution >= 0.6 is 0 Å². The molecule has 1 aliphatic carbocycles. The van der Waals surface area contributed by atoms with Gasteiger partial charge in [-0.15, -0.1) is 0 Å². The molecular weight excluding hydrogens is 225 g/mol. The van der Waals surface area contributed by atoms with Crippen LogP contribution in [0.3, 0.4) is 0 Å². The summed E-state index contributed by atoms with van der Waals surface area (Å²) < 4.78 is 13.0. The van der Waals surface area contributed by atoms with E-state index in [2.05, 4.69) is 19.2 Å². The van der Waals surface area contributed by atoms with Crippen LogP contribution in [0.25, 0.3) is 0 Å². The molecule has 2 rings (SSSR count). The maximum Gasteiger partial charge on any atom is 0.123 e. The van der Waals surface area contributed by atoms with Gasteiger partial charge in [0.25, 0.3) is 0 Å². The zero-order chi connectivity index (χ0) is 13.2. The second-order valence-electron chi connectivity index (χ2n) is 6.39. The maximum absolute atomic E-state index is 13.0. The molecule has 1 N–H and O–H groups in total. The van der Waals surface area contributed by atoms with Crippen molar-refractivity contribution < 1.29 is 4.39 Å². The van der Waals surface area contributed by atoms with Crippen LogP contribution < -0.4 is 5.32 Å². The van der Waals surface area contributed by atoms with Crippen LogP contribution in [-0.4, -0.2) is 6.04 Å². The minimum atomic E-state index is -0.143. The van der Waals surface area contributed by atoms with Crippen molar-refractivity contribution in [2.75, 3.05) is 0 Å². The SMILES string of the molecule is Cc1cc(F)ccc1CNC1CCC(C)(C)CC1. The summed E-state index contributed by atoms with van der Waals surface area (Å²) in [6, 6.07) is 5.68. The number of hydrogen-bond acceptors (Lipinski definition) is 1. The number of aryl methyl sites for hydroxylation is 1. The first-order valence-corrected chi connectivity index (χ1v) is 6.95. The summed E-state index contributed by atoms with van der Waals surface area (Å²) in [5, 5.41) is 3.61. The van der Waals surface area contributed by atoms with Gasteiger partial charge in [-0.2, -0.15) is 0 Å². The van der Waals surface area contributed by atoms with E-state index in [1.54, 1.807) is 12.1 Å². The standard InChI is InChI=1S/C16H24FN/c1-12-10-14(17)5-4-13(12)11-18-15-6-8-16(2,3)9-7-15/h4-5,10,15,18H,6-9,11H2,1-3H3. The van der Waals surface area contributed by atoms with Gasteiger partial charge in [0.15, 0.2) is 0 Å². The van der Waals surface area contributed by atoms with Crippen LogP contribution in [0.15, 0.2) is 18.2 Å². The third kappa shape index (κ3) is 3.55. The lowest BCUT2D eigenvalue weighted by atomic mass is 9.75. The molecule has 100 valence electrons. The van der Waals surface area contributed by atoms with E-state index < -0.39 is 0 Å². The Hall–Kier alpha value is -0.890. The van der Waals surface area contributed by atoms with Gasteiger partial charge >= 0.3 is 0 Å². The summed E-state index contributed by atoms with van der Waals surface area (Å²) in [5.41, 5.74) is 2.77. The summed E-state index contributed by atoms with van der Waals surface area (Å²) in [6.45, 7) is 7.54. The molecular formula is C16H24FN. The van der Waals surface area contributed by atoms with Crippen molar-refractivity contribution in [1.82, 2.24) is 5.32 Å². The van der Waals surface area contributed by atoms with Gasteiger partial charge in [0.1, 0.15) is 5.82 Å². The smallest absolute Gasteiger partial charge is 0.123 e. The van der Waals surface area contributed by atoms with Crippen LogP contribution in [0.5, 0.6) is 0 Å². The molecule has 1 saturated carbocycles. The first-order chi connectivity index (χ1) is 8.46. The van der Waals surface area contributed by atoms with Gasteiger partial charge in [0.2, 0.25) is 0 Å². The first kappa shape index (κ1) is 13.5. The number of hydrogen-bond donors (Lipinski definition) is 1. The summed E-state index contributed by atoms with van der Waals surface area (Å²) in [4.78, 5) is 0. The van der Waals surface area contributed by atoms with E-state index in [1.807, 2.05) is 13.0 Å². The lowest BCUT2D eigenvalue weighted by Gasteiger charge is -2.34. The molecule has 0 bridgehead atoms. The van der Waals surface area contributed by atoms with E-state index in [1.165, 1.54) is 31.2 Å². The van der Waals surface area contributed by atoms with E-state index in [0.29, 0.717) is 11.5 Å².